The Morgan fingerprint density at radius 3 is 2.05 bits per heavy atom. The topological polar surface area (TPSA) is 52.6 Å². The summed E-state index contributed by atoms with van der Waals surface area (Å²) in [6.45, 7) is 0. The minimum Gasteiger partial charge on any atom is -0.466 e. The van der Waals surface area contributed by atoms with Crippen LogP contribution in [0.5, 0.6) is 0 Å². The second kappa shape index (κ2) is 6.20. The van der Waals surface area contributed by atoms with Gasteiger partial charge in [0.1, 0.15) is 0 Å². The Balaban J connectivity index is 1.76. The van der Waals surface area contributed by atoms with E-state index in [1.165, 1.54) is 22.7 Å². The maximum Gasteiger partial charge on any atom is 0.335 e. The molecule has 0 unspecified atom stereocenters. The van der Waals surface area contributed by atoms with Crippen molar-refractivity contribution < 1.29 is 19.1 Å². The normalized spacial score (nSPS) is 21.0. The Morgan fingerprint density at radius 1 is 0.952 bits per heavy atom. The van der Waals surface area contributed by atoms with E-state index in [4.69, 9.17) is 9.47 Å². The summed E-state index contributed by atoms with van der Waals surface area (Å²) in [5, 5.41) is 6.08. The number of allylic oxidation sites excluding steroid dienone is 1. The molecule has 3 rings (SSSR count). The molecule has 0 N–H and O–H groups in total. The van der Waals surface area contributed by atoms with Crippen molar-refractivity contribution in [1.29, 1.82) is 0 Å². The van der Waals surface area contributed by atoms with Gasteiger partial charge in [-0.05, 0) is 16.2 Å². The summed E-state index contributed by atoms with van der Waals surface area (Å²) in [5.74, 6) is -1.19. The summed E-state index contributed by atoms with van der Waals surface area (Å²) >= 11 is 6.61. The summed E-state index contributed by atoms with van der Waals surface area (Å²) in [4.78, 5) is 24.5. The van der Waals surface area contributed by atoms with Gasteiger partial charge in [0, 0.05) is 4.91 Å². The maximum atomic E-state index is 11.7. The van der Waals surface area contributed by atoms with Gasteiger partial charge in [-0.3, -0.25) is 0 Å². The fourth-order valence-electron chi connectivity index (χ4n) is 1.97. The van der Waals surface area contributed by atoms with Crippen molar-refractivity contribution in [2.45, 2.75) is 0 Å². The van der Waals surface area contributed by atoms with Crippen LogP contribution in [0, 0.1) is 5.92 Å². The van der Waals surface area contributed by atoms with E-state index >= 15 is 0 Å². The monoisotopic (exact) mass is 358 g/mol. The summed E-state index contributed by atoms with van der Waals surface area (Å²) < 4.78 is 11.9. The van der Waals surface area contributed by atoms with E-state index in [1.54, 1.807) is 47.0 Å². The predicted molar refractivity (Wildman–Crippen MR) is 89.2 cm³/mol. The summed E-state index contributed by atoms with van der Waals surface area (Å²) in [6, 6.07) is 0. The molecule has 0 atom stereocenters. The molecule has 0 aromatic heterocycles. The van der Waals surface area contributed by atoms with E-state index in [-0.39, 0.29) is 5.92 Å². The van der Waals surface area contributed by atoms with Gasteiger partial charge in [0.2, 0.25) is 0 Å². The lowest BCUT2D eigenvalue weighted by molar-refractivity contribution is -0.137. The first-order valence-corrected chi connectivity index (χ1v) is 9.30. The molecule has 0 spiro atoms. The van der Waals surface area contributed by atoms with Crippen molar-refractivity contribution in [1.82, 2.24) is 0 Å². The van der Waals surface area contributed by atoms with Crippen LogP contribution >= 0.6 is 47.0 Å². The van der Waals surface area contributed by atoms with Crippen LogP contribution in [-0.4, -0.2) is 26.2 Å². The third kappa shape index (κ3) is 2.81. The second-order valence-electron chi connectivity index (χ2n) is 4.07. The third-order valence-electron chi connectivity index (χ3n) is 2.94. The lowest BCUT2D eigenvalue weighted by Gasteiger charge is -2.03. The number of ether oxygens (including phenoxy) is 2. The molecule has 0 aromatic rings. The minimum atomic E-state index is -0.459. The fourth-order valence-corrected chi connectivity index (χ4v) is 6.59. The molecule has 0 saturated heterocycles. The molecule has 0 radical (unpaired) electrons. The zero-order valence-electron chi connectivity index (χ0n) is 11.1. The number of methoxy groups -OCH3 is 2. The predicted octanol–water partition coefficient (Wildman–Crippen LogP) is 3.66. The SMILES string of the molecule is COC(=O)C1=C(C(=O)OC)C1C1=CSC(=C2SC=CS2)S1. The van der Waals surface area contributed by atoms with Crippen molar-refractivity contribution in [3.63, 3.8) is 0 Å². The molecule has 21 heavy (non-hydrogen) atoms. The zero-order valence-corrected chi connectivity index (χ0v) is 14.3. The molecular formula is C13H10O4S4. The minimum absolute atomic E-state index is 0.273. The second-order valence-corrected chi connectivity index (χ2v) is 8.38. The number of carbonyl (C=O) groups is 2. The Labute approximate surface area is 138 Å². The molecule has 110 valence electrons. The Bertz CT molecular complexity index is 609. The standard InChI is InChI=1S/C13H10O4S4/c1-16-10(14)8-7(9(8)11(15)17-2)6-5-20-13(21-6)12-18-3-4-19-12/h3-5,7H,1-2H3. The van der Waals surface area contributed by atoms with E-state index in [0.29, 0.717) is 11.1 Å². The first-order chi connectivity index (χ1) is 10.2. The fraction of sp³-hybridized carbons (Fsp3) is 0.231. The molecule has 0 fully saturated rings. The van der Waals surface area contributed by atoms with Crippen LogP contribution in [0.25, 0.3) is 0 Å². The highest BCUT2D eigenvalue weighted by atomic mass is 32.2. The molecule has 8 heteroatoms. The number of hydrogen-bond donors (Lipinski definition) is 0. The van der Waals surface area contributed by atoms with E-state index in [9.17, 15) is 9.59 Å². The third-order valence-corrected chi connectivity index (χ3v) is 8.05. The van der Waals surface area contributed by atoms with Gasteiger partial charge in [0.25, 0.3) is 0 Å². The lowest BCUT2D eigenvalue weighted by Crippen LogP contribution is -2.01. The van der Waals surface area contributed by atoms with Gasteiger partial charge in [0.05, 0.1) is 39.8 Å². The van der Waals surface area contributed by atoms with Gasteiger partial charge < -0.3 is 9.47 Å². The van der Waals surface area contributed by atoms with Crippen LogP contribution in [0.15, 0.2) is 40.7 Å². The van der Waals surface area contributed by atoms with E-state index < -0.39 is 11.9 Å². The van der Waals surface area contributed by atoms with Crippen LogP contribution in [0.4, 0.5) is 0 Å². The van der Waals surface area contributed by atoms with Gasteiger partial charge in [-0.2, -0.15) is 0 Å². The van der Waals surface area contributed by atoms with Gasteiger partial charge in [-0.25, -0.2) is 9.59 Å². The molecule has 0 bridgehead atoms. The van der Waals surface area contributed by atoms with Gasteiger partial charge in [-0.1, -0.05) is 47.0 Å². The van der Waals surface area contributed by atoms with Crippen LogP contribution in [0.1, 0.15) is 0 Å². The van der Waals surface area contributed by atoms with Gasteiger partial charge in [0.15, 0.2) is 0 Å². The summed E-state index contributed by atoms with van der Waals surface area (Å²) in [6.07, 6.45) is 0. The van der Waals surface area contributed by atoms with E-state index in [0.717, 1.165) is 4.91 Å². The molecule has 0 amide bonds. The molecule has 2 aliphatic heterocycles. The highest BCUT2D eigenvalue weighted by Crippen LogP contribution is 2.60. The highest BCUT2D eigenvalue weighted by molar-refractivity contribution is 8.33. The Hall–Kier alpha value is -0.700. The average Bonchev–Trinajstić information content (AvgIpc) is 2.90. The van der Waals surface area contributed by atoms with E-state index in [2.05, 4.69) is 0 Å². The van der Waals surface area contributed by atoms with E-state index in [1.807, 2.05) is 16.2 Å². The maximum absolute atomic E-state index is 11.7. The van der Waals surface area contributed by atoms with Crippen LogP contribution in [-0.2, 0) is 19.1 Å². The number of thioether (sulfide) groups is 4. The molecule has 3 aliphatic rings. The van der Waals surface area contributed by atoms with Crippen LogP contribution < -0.4 is 0 Å². The quantitative estimate of drug-likeness (QED) is 0.709. The molecule has 0 saturated carbocycles. The Kier molecular flexibility index (Phi) is 4.49. The molecule has 2 heterocycles. The zero-order chi connectivity index (χ0) is 15.0. The molecule has 0 aromatic carbocycles. The average molecular weight is 358 g/mol. The highest BCUT2D eigenvalue weighted by Gasteiger charge is 2.50. The Morgan fingerprint density at radius 2 is 1.52 bits per heavy atom. The van der Waals surface area contributed by atoms with Crippen LogP contribution in [0.2, 0.25) is 0 Å². The lowest BCUT2D eigenvalue weighted by atomic mass is 10.2. The number of esters is 2. The van der Waals surface area contributed by atoms with Gasteiger partial charge in [-0.15, -0.1) is 0 Å². The van der Waals surface area contributed by atoms with Crippen molar-refractivity contribution in [2.75, 3.05) is 14.2 Å². The van der Waals surface area contributed by atoms with Crippen molar-refractivity contribution in [2.24, 2.45) is 5.92 Å². The van der Waals surface area contributed by atoms with Crippen molar-refractivity contribution in [3.8, 4) is 0 Å². The largest absolute Gasteiger partial charge is 0.466 e. The van der Waals surface area contributed by atoms with Crippen molar-refractivity contribution >= 4 is 59.0 Å². The number of carbonyl (C=O) groups excluding carboxylic acids is 2. The smallest absolute Gasteiger partial charge is 0.335 e. The first kappa shape index (κ1) is 15.2. The summed E-state index contributed by atoms with van der Waals surface area (Å²) in [5.41, 5.74) is 0.833. The number of rotatable bonds is 3. The van der Waals surface area contributed by atoms with Crippen molar-refractivity contribution in [3.05, 3.63) is 40.7 Å². The summed E-state index contributed by atoms with van der Waals surface area (Å²) in [7, 11) is 2.63. The number of hydrogen-bond acceptors (Lipinski definition) is 8. The van der Waals surface area contributed by atoms with Crippen LogP contribution in [0.3, 0.4) is 0 Å². The molecular weight excluding hydrogens is 348 g/mol. The molecule has 4 nitrogen and oxygen atoms in total. The molecule has 1 aliphatic carbocycles. The van der Waals surface area contributed by atoms with Gasteiger partial charge >= 0.3 is 11.9 Å². The first-order valence-electron chi connectivity index (χ1n) is 5.85.